The molecule has 144 valence electrons. The van der Waals surface area contributed by atoms with E-state index in [0.29, 0.717) is 23.1 Å². The maximum atomic E-state index is 13.2. The highest BCUT2D eigenvalue weighted by molar-refractivity contribution is 5.98. The SMILES string of the molecule is CC1CCN(C(=O)C2CC3CCC2CC32NC(=O)c3ccccc3O2)CC1. The molecule has 4 unspecified atom stereocenters. The van der Waals surface area contributed by atoms with Crippen molar-refractivity contribution in [3.63, 3.8) is 0 Å². The van der Waals surface area contributed by atoms with Gasteiger partial charge in [0.2, 0.25) is 5.91 Å². The summed E-state index contributed by atoms with van der Waals surface area (Å²) in [4.78, 5) is 27.9. The first kappa shape index (κ1) is 17.1. The number of nitrogens with zero attached hydrogens (tertiary/aromatic N) is 1. The van der Waals surface area contributed by atoms with Crippen LogP contribution in [-0.2, 0) is 4.79 Å². The molecule has 6 rings (SSSR count). The van der Waals surface area contributed by atoms with Crippen molar-refractivity contribution < 1.29 is 14.3 Å². The van der Waals surface area contributed by atoms with Gasteiger partial charge >= 0.3 is 0 Å². The summed E-state index contributed by atoms with van der Waals surface area (Å²) in [6, 6.07) is 7.47. The van der Waals surface area contributed by atoms with Crippen LogP contribution in [-0.4, -0.2) is 35.5 Å². The van der Waals surface area contributed by atoms with E-state index >= 15 is 0 Å². The Morgan fingerprint density at radius 3 is 2.70 bits per heavy atom. The molecule has 0 radical (unpaired) electrons. The molecule has 2 amide bonds. The Kier molecular flexibility index (Phi) is 3.95. The second-order valence-electron chi connectivity index (χ2n) is 9.03. The maximum absolute atomic E-state index is 13.2. The van der Waals surface area contributed by atoms with Crippen LogP contribution in [0, 0.1) is 23.7 Å². The molecule has 1 aromatic rings. The summed E-state index contributed by atoms with van der Waals surface area (Å²) in [5.41, 5.74) is -0.0127. The van der Waals surface area contributed by atoms with Crippen molar-refractivity contribution in [3.8, 4) is 5.75 Å². The topological polar surface area (TPSA) is 58.6 Å². The van der Waals surface area contributed by atoms with Crippen molar-refractivity contribution in [2.75, 3.05) is 13.1 Å². The predicted molar refractivity (Wildman–Crippen MR) is 101 cm³/mol. The minimum Gasteiger partial charge on any atom is -0.467 e. The molecule has 1 saturated heterocycles. The summed E-state index contributed by atoms with van der Waals surface area (Å²) in [5, 5.41) is 3.18. The van der Waals surface area contributed by atoms with Gasteiger partial charge in [-0.25, -0.2) is 0 Å². The number of piperidine rings is 1. The number of rotatable bonds is 1. The van der Waals surface area contributed by atoms with E-state index in [0.717, 1.165) is 57.5 Å². The molecule has 5 nitrogen and oxygen atoms in total. The number of hydrogen-bond acceptors (Lipinski definition) is 3. The van der Waals surface area contributed by atoms with Crippen molar-refractivity contribution in [1.29, 1.82) is 0 Å². The normalized spacial score (nSPS) is 35.5. The van der Waals surface area contributed by atoms with E-state index in [4.69, 9.17) is 4.74 Å². The van der Waals surface area contributed by atoms with Crippen molar-refractivity contribution in [2.45, 2.75) is 51.2 Å². The maximum Gasteiger partial charge on any atom is 0.258 e. The van der Waals surface area contributed by atoms with E-state index in [2.05, 4.69) is 17.1 Å². The molecule has 3 aliphatic carbocycles. The first-order valence-corrected chi connectivity index (χ1v) is 10.4. The molecule has 1 aromatic carbocycles. The average Bonchev–Trinajstić information content (AvgIpc) is 2.68. The van der Waals surface area contributed by atoms with Gasteiger partial charge in [0.1, 0.15) is 5.75 Å². The minimum absolute atomic E-state index is 0.0442. The molecule has 1 spiro atoms. The number of hydrogen-bond donors (Lipinski definition) is 1. The molecule has 2 heterocycles. The molecule has 5 aliphatic rings. The number of likely N-dealkylation sites (tertiary alicyclic amines) is 1. The number of para-hydroxylation sites is 1. The molecule has 1 N–H and O–H groups in total. The Bertz CT molecular complexity index is 771. The number of amides is 2. The standard InChI is InChI=1S/C22H28N2O3/c1-14-8-10-24(11-9-14)21(26)18-12-16-7-6-15(18)13-22(16)23-20(25)17-4-2-3-5-19(17)27-22/h2-5,14-16,18H,6-13H2,1H3,(H,23,25). The van der Waals surface area contributed by atoms with Crippen molar-refractivity contribution in [1.82, 2.24) is 10.2 Å². The molecular weight excluding hydrogens is 340 g/mol. The van der Waals surface area contributed by atoms with Gasteiger partial charge in [-0.3, -0.25) is 9.59 Å². The smallest absolute Gasteiger partial charge is 0.258 e. The van der Waals surface area contributed by atoms with Gasteiger partial charge in [0.25, 0.3) is 5.91 Å². The summed E-state index contributed by atoms with van der Waals surface area (Å²) in [7, 11) is 0. The van der Waals surface area contributed by atoms with Crippen LogP contribution in [0.25, 0.3) is 0 Å². The first-order chi connectivity index (χ1) is 13.1. The third-order valence-corrected chi connectivity index (χ3v) is 7.38. The van der Waals surface area contributed by atoms with E-state index in [1.54, 1.807) is 0 Å². The van der Waals surface area contributed by atoms with Crippen molar-refractivity contribution >= 4 is 11.8 Å². The zero-order valence-corrected chi connectivity index (χ0v) is 15.9. The number of carbonyl (C=O) groups excluding carboxylic acids is 2. The van der Waals surface area contributed by atoms with E-state index in [9.17, 15) is 9.59 Å². The van der Waals surface area contributed by atoms with E-state index in [-0.39, 0.29) is 17.7 Å². The van der Waals surface area contributed by atoms with Crippen LogP contribution in [0.2, 0.25) is 0 Å². The molecule has 0 aromatic heterocycles. The van der Waals surface area contributed by atoms with Gasteiger partial charge in [-0.1, -0.05) is 19.1 Å². The molecule has 27 heavy (non-hydrogen) atoms. The monoisotopic (exact) mass is 368 g/mol. The Morgan fingerprint density at radius 2 is 1.96 bits per heavy atom. The molecule has 2 bridgehead atoms. The fourth-order valence-electron chi connectivity index (χ4n) is 5.73. The van der Waals surface area contributed by atoms with E-state index in [1.165, 1.54) is 0 Å². The van der Waals surface area contributed by atoms with Crippen LogP contribution in [0.5, 0.6) is 5.75 Å². The van der Waals surface area contributed by atoms with Crippen LogP contribution in [0.1, 0.15) is 55.8 Å². The van der Waals surface area contributed by atoms with Crippen LogP contribution in [0.15, 0.2) is 24.3 Å². The molecular formula is C22H28N2O3. The van der Waals surface area contributed by atoms with Gasteiger partial charge < -0.3 is 15.0 Å². The largest absolute Gasteiger partial charge is 0.467 e. The second kappa shape index (κ2) is 6.25. The summed E-state index contributed by atoms with van der Waals surface area (Å²) in [6.45, 7) is 4.08. The fourth-order valence-corrected chi connectivity index (χ4v) is 5.73. The van der Waals surface area contributed by atoms with Crippen molar-refractivity contribution in [2.24, 2.45) is 23.7 Å². The highest BCUT2D eigenvalue weighted by atomic mass is 16.5. The summed E-state index contributed by atoms with van der Waals surface area (Å²) in [5.74, 6) is 2.31. The molecule has 2 aliphatic heterocycles. The summed E-state index contributed by atoms with van der Waals surface area (Å²) >= 11 is 0. The lowest BCUT2D eigenvalue weighted by atomic mass is 9.59. The Hall–Kier alpha value is -2.04. The van der Waals surface area contributed by atoms with Gasteiger partial charge in [0.05, 0.1) is 5.56 Å². The third-order valence-electron chi connectivity index (χ3n) is 7.38. The van der Waals surface area contributed by atoms with Gasteiger partial charge in [-0.2, -0.15) is 0 Å². The third kappa shape index (κ3) is 2.74. The van der Waals surface area contributed by atoms with E-state index < -0.39 is 5.72 Å². The number of ether oxygens (including phenoxy) is 1. The van der Waals surface area contributed by atoms with Crippen LogP contribution >= 0.6 is 0 Å². The highest BCUT2D eigenvalue weighted by Crippen LogP contribution is 2.52. The highest BCUT2D eigenvalue weighted by Gasteiger charge is 2.57. The minimum atomic E-state index is -0.623. The zero-order chi connectivity index (χ0) is 18.6. The first-order valence-electron chi connectivity index (χ1n) is 10.4. The van der Waals surface area contributed by atoms with Gasteiger partial charge in [0, 0.05) is 31.3 Å². The zero-order valence-electron chi connectivity index (χ0n) is 15.9. The quantitative estimate of drug-likeness (QED) is 0.828. The average molecular weight is 368 g/mol. The summed E-state index contributed by atoms with van der Waals surface area (Å²) in [6.07, 6.45) is 5.90. The molecule has 4 fully saturated rings. The van der Waals surface area contributed by atoms with Crippen LogP contribution in [0.4, 0.5) is 0 Å². The van der Waals surface area contributed by atoms with E-state index in [1.807, 2.05) is 24.3 Å². The summed E-state index contributed by atoms with van der Waals surface area (Å²) < 4.78 is 6.40. The lowest BCUT2D eigenvalue weighted by molar-refractivity contribution is -0.156. The van der Waals surface area contributed by atoms with Crippen LogP contribution < -0.4 is 10.1 Å². The van der Waals surface area contributed by atoms with Crippen molar-refractivity contribution in [3.05, 3.63) is 29.8 Å². The fraction of sp³-hybridized carbons (Fsp3) is 0.636. The predicted octanol–water partition coefficient (Wildman–Crippen LogP) is 3.20. The number of benzene rings is 1. The number of fused-ring (bicyclic) bond motifs is 3. The Labute approximate surface area is 160 Å². The number of carbonyl (C=O) groups is 2. The lowest BCUT2D eigenvalue weighted by Gasteiger charge is -2.55. The van der Waals surface area contributed by atoms with Gasteiger partial charge in [0.15, 0.2) is 5.72 Å². The van der Waals surface area contributed by atoms with Gasteiger partial charge in [-0.05, 0) is 56.1 Å². The Morgan fingerprint density at radius 1 is 1.19 bits per heavy atom. The second-order valence-corrected chi connectivity index (χ2v) is 9.03. The van der Waals surface area contributed by atoms with Gasteiger partial charge in [-0.15, -0.1) is 0 Å². The Balaban J connectivity index is 1.35. The molecule has 4 atom stereocenters. The van der Waals surface area contributed by atoms with Crippen LogP contribution in [0.3, 0.4) is 0 Å². The number of nitrogens with one attached hydrogen (secondary N) is 1. The molecule has 3 saturated carbocycles. The lowest BCUT2D eigenvalue weighted by Crippen LogP contribution is -2.67. The molecule has 5 heteroatoms.